The Morgan fingerprint density at radius 2 is 1.82 bits per heavy atom. The van der Waals surface area contributed by atoms with Gasteiger partial charge in [0.2, 0.25) is 10.0 Å². The van der Waals surface area contributed by atoms with Crippen molar-refractivity contribution >= 4 is 51.3 Å². The van der Waals surface area contributed by atoms with E-state index in [-0.39, 0.29) is 29.7 Å². The molecule has 9 heteroatoms. The van der Waals surface area contributed by atoms with Crippen LogP contribution in [0.2, 0.25) is 0 Å². The first-order chi connectivity index (χ1) is 12.9. The van der Waals surface area contributed by atoms with Crippen molar-refractivity contribution in [2.45, 2.75) is 32.1 Å². The normalized spacial score (nSPS) is 12.9. The van der Waals surface area contributed by atoms with Gasteiger partial charge < -0.3 is 10.6 Å². The lowest BCUT2D eigenvalue weighted by atomic mass is 10.1. The van der Waals surface area contributed by atoms with Crippen LogP contribution < -0.4 is 15.4 Å². The second-order valence-corrected chi connectivity index (χ2v) is 9.18. The van der Waals surface area contributed by atoms with Crippen molar-refractivity contribution in [2.24, 2.45) is 4.99 Å². The van der Waals surface area contributed by atoms with Crippen LogP contribution in [0.25, 0.3) is 0 Å². The number of thiophene rings is 1. The third kappa shape index (κ3) is 8.46. The summed E-state index contributed by atoms with van der Waals surface area (Å²) in [5.41, 5.74) is 1.79. The number of aliphatic imine (C=N–C) groups is 1. The summed E-state index contributed by atoms with van der Waals surface area (Å²) in [5.74, 6) is 1.18. The monoisotopic (exact) mass is 536 g/mol. The summed E-state index contributed by atoms with van der Waals surface area (Å²) in [5, 5.41) is 8.74. The number of nitrogens with one attached hydrogen (secondary N) is 3. The number of rotatable bonds is 9. The van der Waals surface area contributed by atoms with Gasteiger partial charge in [0.05, 0.1) is 12.3 Å². The van der Waals surface area contributed by atoms with Gasteiger partial charge in [-0.05, 0) is 36.5 Å². The molecule has 3 N–H and O–H groups in total. The van der Waals surface area contributed by atoms with Gasteiger partial charge in [0, 0.05) is 23.9 Å². The van der Waals surface area contributed by atoms with Gasteiger partial charge in [-0.25, -0.2) is 18.1 Å². The van der Waals surface area contributed by atoms with E-state index in [9.17, 15) is 8.42 Å². The molecule has 156 valence electrons. The largest absolute Gasteiger partial charge is 0.357 e. The molecular formula is C19H29IN4O2S2. The van der Waals surface area contributed by atoms with Crippen LogP contribution in [0.5, 0.6) is 0 Å². The van der Waals surface area contributed by atoms with Crippen molar-refractivity contribution < 1.29 is 8.42 Å². The molecule has 1 atom stereocenters. The molecule has 28 heavy (non-hydrogen) atoms. The SMILES string of the molecule is CCNC(=NCc1ccc(CS(=O)(=O)NC)cc1)NCC(C)c1cccs1.I. The molecule has 1 heterocycles. The molecule has 0 aliphatic carbocycles. The van der Waals surface area contributed by atoms with Gasteiger partial charge >= 0.3 is 0 Å². The van der Waals surface area contributed by atoms with Crippen molar-refractivity contribution in [3.63, 3.8) is 0 Å². The lowest BCUT2D eigenvalue weighted by molar-refractivity contribution is 0.587. The van der Waals surface area contributed by atoms with Crippen molar-refractivity contribution in [1.82, 2.24) is 15.4 Å². The average Bonchev–Trinajstić information content (AvgIpc) is 3.19. The highest BCUT2D eigenvalue weighted by Crippen LogP contribution is 2.19. The van der Waals surface area contributed by atoms with Gasteiger partial charge in [-0.15, -0.1) is 35.3 Å². The molecule has 0 amide bonds. The van der Waals surface area contributed by atoms with E-state index < -0.39 is 10.0 Å². The first-order valence-corrected chi connectivity index (χ1v) is 11.5. The Labute approximate surface area is 189 Å². The van der Waals surface area contributed by atoms with E-state index in [1.54, 1.807) is 11.3 Å². The highest BCUT2D eigenvalue weighted by Gasteiger charge is 2.09. The number of guanidine groups is 1. The number of sulfonamides is 1. The minimum absolute atomic E-state index is 0. The molecular weight excluding hydrogens is 507 g/mol. The fourth-order valence-corrected chi connectivity index (χ4v) is 4.03. The van der Waals surface area contributed by atoms with E-state index >= 15 is 0 Å². The lowest BCUT2D eigenvalue weighted by Crippen LogP contribution is -2.39. The summed E-state index contributed by atoms with van der Waals surface area (Å²) < 4.78 is 25.5. The second kappa shape index (κ2) is 12.4. The number of halogens is 1. The Hall–Kier alpha value is -1.17. The highest BCUT2D eigenvalue weighted by atomic mass is 127. The minimum atomic E-state index is -3.25. The summed E-state index contributed by atoms with van der Waals surface area (Å²) >= 11 is 1.77. The Bertz CT molecular complexity index is 822. The van der Waals surface area contributed by atoms with Crippen LogP contribution in [0.1, 0.15) is 35.8 Å². The van der Waals surface area contributed by atoms with Gasteiger partial charge in [-0.1, -0.05) is 37.3 Å². The predicted molar refractivity (Wildman–Crippen MR) is 129 cm³/mol. The standard InChI is InChI=1S/C19H28N4O2S2.HI/c1-4-21-19(22-12-15(2)18-6-5-11-26-18)23-13-16-7-9-17(10-8-16)14-27(24,25)20-3;/h5-11,15,20H,4,12-14H2,1-3H3,(H2,21,22,23);1H. The van der Waals surface area contributed by atoms with E-state index in [0.29, 0.717) is 12.5 Å². The molecule has 1 aromatic heterocycles. The fourth-order valence-electron chi connectivity index (χ4n) is 2.47. The Balaban J connectivity index is 0.00000392. The van der Waals surface area contributed by atoms with Crippen LogP contribution >= 0.6 is 35.3 Å². The molecule has 1 unspecified atom stereocenters. The van der Waals surface area contributed by atoms with Gasteiger partial charge in [0.25, 0.3) is 0 Å². The van der Waals surface area contributed by atoms with Crippen LogP contribution in [0, 0.1) is 0 Å². The van der Waals surface area contributed by atoms with Crippen LogP contribution in [0.15, 0.2) is 46.8 Å². The van der Waals surface area contributed by atoms with E-state index in [1.165, 1.54) is 11.9 Å². The molecule has 0 aliphatic rings. The van der Waals surface area contributed by atoms with Gasteiger partial charge in [-0.3, -0.25) is 0 Å². The summed E-state index contributed by atoms with van der Waals surface area (Å²) in [6, 6.07) is 11.7. The Kier molecular flexibility index (Phi) is 11.0. The van der Waals surface area contributed by atoms with Gasteiger partial charge in [-0.2, -0.15) is 0 Å². The van der Waals surface area contributed by atoms with Crippen molar-refractivity contribution in [3.8, 4) is 0 Å². The predicted octanol–water partition coefficient (Wildman–Crippen LogP) is 3.27. The Morgan fingerprint density at radius 1 is 1.14 bits per heavy atom. The maximum atomic E-state index is 11.6. The van der Waals surface area contributed by atoms with E-state index in [0.717, 1.165) is 30.2 Å². The fraction of sp³-hybridized carbons (Fsp3) is 0.421. The average molecular weight is 537 g/mol. The quantitative estimate of drug-likeness (QED) is 0.261. The lowest BCUT2D eigenvalue weighted by Gasteiger charge is -2.15. The molecule has 2 aromatic rings. The van der Waals surface area contributed by atoms with Crippen LogP contribution in [-0.2, 0) is 22.3 Å². The maximum absolute atomic E-state index is 11.6. The van der Waals surface area contributed by atoms with E-state index in [1.807, 2.05) is 31.2 Å². The molecule has 0 aliphatic heterocycles. The molecule has 0 saturated heterocycles. The zero-order chi connectivity index (χ0) is 19.7. The smallest absolute Gasteiger partial charge is 0.215 e. The summed E-state index contributed by atoms with van der Waals surface area (Å²) in [7, 11) is -1.83. The van der Waals surface area contributed by atoms with Crippen LogP contribution in [0.4, 0.5) is 0 Å². The van der Waals surface area contributed by atoms with Crippen LogP contribution in [0.3, 0.4) is 0 Å². The molecule has 1 aromatic carbocycles. The molecule has 6 nitrogen and oxygen atoms in total. The van der Waals surface area contributed by atoms with Gasteiger partial charge in [0.1, 0.15) is 0 Å². The minimum Gasteiger partial charge on any atom is -0.357 e. The third-order valence-corrected chi connectivity index (χ3v) is 6.50. The zero-order valence-electron chi connectivity index (χ0n) is 16.4. The molecule has 0 fully saturated rings. The molecule has 0 bridgehead atoms. The number of hydrogen-bond acceptors (Lipinski definition) is 4. The molecule has 2 rings (SSSR count). The third-order valence-electron chi connectivity index (χ3n) is 4.06. The van der Waals surface area contributed by atoms with Crippen LogP contribution in [-0.4, -0.2) is 34.5 Å². The highest BCUT2D eigenvalue weighted by molar-refractivity contribution is 14.0. The first-order valence-electron chi connectivity index (χ1n) is 8.98. The van der Waals surface area contributed by atoms with Crippen molar-refractivity contribution in [3.05, 3.63) is 57.8 Å². The second-order valence-electron chi connectivity index (χ2n) is 6.27. The Morgan fingerprint density at radius 3 is 2.39 bits per heavy atom. The molecule has 0 saturated carbocycles. The number of hydrogen-bond donors (Lipinski definition) is 3. The van der Waals surface area contributed by atoms with Crippen molar-refractivity contribution in [1.29, 1.82) is 0 Å². The summed E-state index contributed by atoms with van der Waals surface area (Å²) in [4.78, 5) is 5.98. The van der Waals surface area contributed by atoms with E-state index in [4.69, 9.17) is 0 Å². The molecule has 0 spiro atoms. The summed E-state index contributed by atoms with van der Waals surface area (Å²) in [6.07, 6.45) is 0. The summed E-state index contributed by atoms with van der Waals surface area (Å²) in [6.45, 7) is 6.37. The van der Waals surface area contributed by atoms with Gasteiger partial charge in [0.15, 0.2) is 5.96 Å². The number of nitrogens with zero attached hydrogens (tertiary/aromatic N) is 1. The number of benzene rings is 1. The van der Waals surface area contributed by atoms with Crippen molar-refractivity contribution in [2.75, 3.05) is 20.1 Å². The zero-order valence-corrected chi connectivity index (χ0v) is 20.4. The molecule has 0 radical (unpaired) electrons. The maximum Gasteiger partial charge on any atom is 0.215 e. The van der Waals surface area contributed by atoms with E-state index in [2.05, 4.69) is 44.8 Å². The topological polar surface area (TPSA) is 82.6 Å². The first kappa shape index (κ1) is 24.9.